The molecule has 1 saturated carbocycles. The molecular formula is C26H33N3O. The van der Waals surface area contributed by atoms with Gasteiger partial charge in [-0.25, -0.2) is 0 Å². The Labute approximate surface area is 180 Å². The topological polar surface area (TPSA) is 50.5 Å². The van der Waals surface area contributed by atoms with Crippen LogP contribution in [-0.2, 0) is 11.8 Å². The summed E-state index contributed by atoms with van der Waals surface area (Å²) in [6.07, 6.45) is 4.51. The lowest BCUT2D eigenvalue weighted by Crippen LogP contribution is -2.53. The molecule has 2 aliphatic rings. The van der Waals surface area contributed by atoms with Gasteiger partial charge in [0, 0.05) is 38.8 Å². The quantitative estimate of drug-likeness (QED) is 0.801. The number of aliphatic hydroxyl groups is 1. The lowest BCUT2D eigenvalue weighted by molar-refractivity contribution is 0.0437. The number of hydrogen-bond acceptors (Lipinski definition) is 4. The molecule has 1 N–H and O–H groups in total. The van der Waals surface area contributed by atoms with Crippen LogP contribution in [0.2, 0.25) is 0 Å². The van der Waals surface area contributed by atoms with Gasteiger partial charge in [-0.15, -0.1) is 0 Å². The van der Waals surface area contributed by atoms with Crippen LogP contribution in [0.4, 0.5) is 0 Å². The molecule has 0 bridgehead atoms. The van der Waals surface area contributed by atoms with Crippen LogP contribution in [0.25, 0.3) is 0 Å². The second-order valence-corrected chi connectivity index (χ2v) is 8.97. The molecule has 1 saturated heterocycles. The summed E-state index contributed by atoms with van der Waals surface area (Å²) in [4.78, 5) is 5.02. The van der Waals surface area contributed by atoms with Gasteiger partial charge in [-0.1, -0.05) is 60.7 Å². The Hall–Kier alpha value is -2.19. The first kappa shape index (κ1) is 21.1. The molecule has 1 aliphatic heterocycles. The first-order valence-corrected chi connectivity index (χ1v) is 11.3. The molecule has 0 aromatic heterocycles. The summed E-state index contributed by atoms with van der Waals surface area (Å²) in [7, 11) is 0. The van der Waals surface area contributed by atoms with Gasteiger partial charge in [0.05, 0.1) is 17.6 Å². The van der Waals surface area contributed by atoms with E-state index in [0.717, 1.165) is 64.8 Å². The van der Waals surface area contributed by atoms with E-state index >= 15 is 0 Å². The van der Waals surface area contributed by atoms with Crippen molar-refractivity contribution in [3.8, 4) is 6.07 Å². The van der Waals surface area contributed by atoms with Crippen LogP contribution in [0.3, 0.4) is 0 Å². The average molecular weight is 404 g/mol. The lowest BCUT2D eigenvalue weighted by Gasteiger charge is -2.44. The highest BCUT2D eigenvalue weighted by Gasteiger charge is 2.39. The number of rotatable bonds is 6. The van der Waals surface area contributed by atoms with Crippen molar-refractivity contribution in [2.75, 3.05) is 32.7 Å². The summed E-state index contributed by atoms with van der Waals surface area (Å²) in [5.74, 6) is 0. The Bertz CT molecular complexity index is 816. The van der Waals surface area contributed by atoms with Crippen molar-refractivity contribution in [1.29, 1.82) is 5.26 Å². The molecule has 4 rings (SSSR count). The fourth-order valence-electron chi connectivity index (χ4n) is 5.24. The number of aliphatic hydroxyl groups excluding tert-OH is 1. The molecule has 1 unspecified atom stereocenters. The molecule has 2 aromatic rings. The molecule has 1 heterocycles. The Kier molecular flexibility index (Phi) is 6.84. The summed E-state index contributed by atoms with van der Waals surface area (Å²) >= 11 is 0. The highest BCUT2D eigenvalue weighted by Crippen LogP contribution is 2.40. The van der Waals surface area contributed by atoms with Gasteiger partial charge < -0.3 is 5.11 Å². The fraction of sp³-hybridized carbons (Fsp3) is 0.500. The van der Waals surface area contributed by atoms with Crippen molar-refractivity contribution in [3.05, 3.63) is 71.8 Å². The molecule has 30 heavy (non-hydrogen) atoms. The zero-order valence-electron chi connectivity index (χ0n) is 17.8. The number of β-amino-alcohol motifs (C(OH)–C–C–N with tert-alkyl or cyclic N) is 1. The van der Waals surface area contributed by atoms with Crippen molar-refractivity contribution < 1.29 is 5.11 Å². The van der Waals surface area contributed by atoms with E-state index in [2.05, 4.69) is 40.1 Å². The Balaban J connectivity index is 1.24. The van der Waals surface area contributed by atoms with E-state index in [4.69, 9.17) is 0 Å². The van der Waals surface area contributed by atoms with Crippen LogP contribution in [0, 0.1) is 11.3 Å². The zero-order chi connectivity index (χ0) is 20.8. The van der Waals surface area contributed by atoms with E-state index in [9.17, 15) is 10.4 Å². The van der Waals surface area contributed by atoms with E-state index in [0.29, 0.717) is 6.04 Å². The largest absolute Gasteiger partial charge is 0.391 e. The summed E-state index contributed by atoms with van der Waals surface area (Å²) in [5, 5.41) is 20.4. The molecular weight excluding hydrogens is 370 g/mol. The highest BCUT2D eigenvalue weighted by molar-refractivity contribution is 5.33. The second-order valence-electron chi connectivity index (χ2n) is 8.97. The zero-order valence-corrected chi connectivity index (χ0v) is 17.8. The molecule has 158 valence electrons. The van der Waals surface area contributed by atoms with Crippen LogP contribution >= 0.6 is 0 Å². The molecule has 1 aliphatic carbocycles. The molecule has 4 nitrogen and oxygen atoms in total. The summed E-state index contributed by atoms with van der Waals surface area (Å²) in [6.45, 7) is 4.91. The predicted molar refractivity (Wildman–Crippen MR) is 120 cm³/mol. The maximum Gasteiger partial charge on any atom is 0.0823 e. The van der Waals surface area contributed by atoms with Gasteiger partial charge in [0.15, 0.2) is 0 Å². The smallest absolute Gasteiger partial charge is 0.0823 e. The highest BCUT2D eigenvalue weighted by atomic mass is 16.3. The summed E-state index contributed by atoms with van der Waals surface area (Å²) in [5.41, 5.74) is 2.08. The predicted octanol–water partition coefficient (Wildman–Crippen LogP) is 3.61. The molecule has 1 atom stereocenters. The minimum Gasteiger partial charge on any atom is -0.391 e. The van der Waals surface area contributed by atoms with Crippen LogP contribution in [0.15, 0.2) is 60.7 Å². The average Bonchev–Trinajstić information content (AvgIpc) is 2.81. The van der Waals surface area contributed by atoms with Crippen LogP contribution in [-0.4, -0.2) is 59.8 Å². The van der Waals surface area contributed by atoms with Crippen molar-refractivity contribution in [2.24, 2.45) is 0 Å². The van der Waals surface area contributed by atoms with Gasteiger partial charge in [-0.05, 0) is 43.2 Å². The fourth-order valence-corrected chi connectivity index (χ4v) is 5.24. The second kappa shape index (κ2) is 9.75. The normalized spacial score (nSPS) is 26.7. The first-order valence-electron chi connectivity index (χ1n) is 11.3. The number of nitriles is 1. The third-order valence-electron chi connectivity index (χ3n) is 7.06. The van der Waals surface area contributed by atoms with Crippen molar-refractivity contribution in [3.63, 3.8) is 0 Å². The maximum atomic E-state index is 10.5. The molecule has 0 amide bonds. The van der Waals surface area contributed by atoms with Crippen molar-refractivity contribution in [1.82, 2.24) is 9.80 Å². The third kappa shape index (κ3) is 4.92. The number of piperazine rings is 1. The SMILES string of the molecule is N#CC1(c2ccccc2)CCC(N2CCN(CC(O)Cc3ccccc3)CC2)CC1. The monoisotopic (exact) mass is 403 g/mol. The molecule has 0 radical (unpaired) electrons. The molecule has 2 aromatic carbocycles. The van der Waals surface area contributed by atoms with Crippen molar-refractivity contribution in [2.45, 2.75) is 49.7 Å². The van der Waals surface area contributed by atoms with E-state index in [1.807, 2.05) is 36.4 Å². The first-order chi connectivity index (χ1) is 14.7. The lowest BCUT2D eigenvalue weighted by atomic mass is 9.69. The van der Waals surface area contributed by atoms with Gasteiger partial charge in [0.25, 0.3) is 0 Å². The molecule has 2 fully saturated rings. The van der Waals surface area contributed by atoms with Crippen LogP contribution in [0.5, 0.6) is 0 Å². The number of nitrogens with zero attached hydrogens (tertiary/aromatic N) is 3. The number of hydrogen-bond donors (Lipinski definition) is 1. The van der Waals surface area contributed by atoms with Gasteiger partial charge in [-0.2, -0.15) is 5.26 Å². The molecule has 0 spiro atoms. The molecule has 4 heteroatoms. The third-order valence-corrected chi connectivity index (χ3v) is 7.06. The van der Waals surface area contributed by atoms with Gasteiger partial charge in [-0.3, -0.25) is 9.80 Å². The van der Waals surface area contributed by atoms with Crippen molar-refractivity contribution >= 4 is 0 Å². The van der Waals surface area contributed by atoms with Gasteiger partial charge >= 0.3 is 0 Å². The van der Waals surface area contributed by atoms with Crippen LogP contribution in [0.1, 0.15) is 36.8 Å². The summed E-state index contributed by atoms with van der Waals surface area (Å²) < 4.78 is 0. The minimum absolute atomic E-state index is 0.304. The van der Waals surface area contributed by atoms with Gasteiger partial charge in [0.2, 0.25) is 0 Å². The van der Waals surface area contributed by atoms with E-state index in [1.165, 1.54) is 11.1 Å². The van der Waals surface area contributed by atoms with Crippen LogP contribution < -0.4 is 0 Å². The Morgan fingerprint density at radius 1 is 0.933 bits per heavy atom. The Morgan fingerprint density at radius 3 is 2.13 bits per heavy atom. The van der Waals surface area contributed by atoms with E-state index in [1.54, 1.807) is 0 Å². The number of benzene rings is 2. The minimum atomic E-state index is -0.309. The van der Waals surface area contributed by atoms with E-state index < -0.39 is 0 Å². The Morgan fingerprint density at radius 2 is 1.53 bits per heavy atom. The van der Waals surface area contributed by atoms with Gasteiger partial charge in [0.1, 0.15) is 0 Å². The summed E-state index contributed by atoms with van der Waals surface area (Å²) in [6, 6.07) is 23.8. The maximum absolute atomic E-state index is 10.5. The van der Waals surface area contributed by atoms with E-state index in [-0.39, 0.29) is 11.5 Å². The standard InChI is InChI=1S/C26H33N3O/c27-21-26(23-9-5-2-6-10-23)13-11-24(12-14-26)29-17-15-28(16-18-29)20-25(30)19-22-7-3-1-4-8-22/h1-10,24-25,30H,11-20H2.